The van der Waals surface area contributed by atoms with E-state index in [2.05, 4.69) is 96.1 Å². The van der Waals surface area contributed by atoms with E-state index in [1.54, 1.807) is 0 Å². The lowest BCUT2D eigenvalue weighted by Gasteiger charge is -2.43. The Morgan fingerprint density at radius 3 is 1.13 bits per heavy atom. The molecule has 0 heterocycles. The molecule has 0 aromatic heterocycles. The Hall–Kier alpha value is 0.788. The summed E-state index contributed by atoms with van der Waals surface area (Å²) in [6.45, 7) is 33.8. The molecule has 140 valence electrons. The minimum atomic E-state index is -1.17. The summed E-state index contributed by atoms with van der Waals surface area (Å²) in [5.41, 5.74) is 0. The SMILES string of the molecule is CC(CNC([Si](C)(C)C)[Si](C)(C)C)NC([Si](C)(C)C)[Si](C)(C)C. The molecule has 2 nitrogen and oxygen atoms in total. The molecular formula is C17H46N2Si4. The first kappa shape index (κ1) is 23.8. The minimum absolute atomic E-state index is 0.564. The van der Waals surface area contributed by atoms with E-state index in [0.29, 0.717) is 6.04 Å². The van der Waals surface area contributed by atoms with Crippen LogP contribution in [0, 0.1) is 0 Å². The van der Waals surface area contributed by atoms with Gasteiger partial charge in [-0.05, 0) is 17.5 Å². The van der Waals surface area contributed by atoms with Crippen molar-refractivity contribution >= 4 is 32.3 Å². The van der Waals surface area contributed by atoms with Gasteiger partial charge in [0.2, 0.25) is 0 Å². The van der Waals surface area contributed by atoms with Crippen molar-refractivity contribution in [3.63, 3.8) is 0 Å². The second kappa shape index (κ2) is 7.99. The van der Waals surface area contributed by atoms with Crippen molar-refractivity contribution in [3.8, 4) is 0 Å². The Kier molecular flexibility index (Phi) is 8.27. The maximum Gasteiger partial charge on any atom is 0.0599 e. The van der Waals surface area contributed by atoms with E-state index < -0.39 is 32.3 Å². The fourth-order valence-electron chi connectivity index (χ4n) is 4.35. The highest BCUT2D eigenvalue weighted by Crippen LogP contribution is 2.21. The summed E-state index contributed by atoms with van der Waals surface area (Å²) < 4.78 is 0. The summed E-state index contributed by atoms with van der Waals surface area (Å²) in [6, 6.07) is 0.564. The van der Waals surface area contributed by atoms with Crippen molar-refractivity contribution in [2.75, 3.05) is 6.54 Å². The summed E-state index contributed by atoms with van der Waals surface area (Å²) in [4.78, 5) is 0. The molecule has 0 spiro atoms. The van der Waals surface area contributed by atoms with Crippen LogP contribution in [-0.4, -0.2) is 55.5 Å². The Bertz CT molecular complexity index is 331. The van der Waals surface area contributed by atoms with Gasteiger partial charge in [0.25, 0.3) is 0 Å². The molecule has 0 saturated heterocycles. The van der Waals surface area contributed by atoms with Crippen LogP contribution >= 0.6 is 0 Å². The molecule has 0 amide bonds. The molecule has 0 bridgehead atoms. The highest BCUT2D eigenvalue weighted by atomic mass is 28.4. The second-order valence-electron chi connectivity index (χ2n) is 11.8. The highest BCUT2D eigenvalue weighted by Gasteiger charge is 2.39. The van der Waals surface area contributed by atoms with E-state index in [4.69, 9.17) is 0 Å². The summed E-state index contributed by atoms with van der Waals surface area (Å²) in [7, 11) is -4.67. The largest absolute Gasteiger partial charge is 0.318 e. The molecule has 1 unspecified atom stereocenters. The standard InChI is InChI=1S/C17H46N2Si4/c1-15(19-17(22(8,9)10)23(11,12)13)14-18-16(20(2,3)4)21(5,6)7/h15-19H,14H2,1-13H3. The first-order valence-electron chi connectivity index (χ1n) is 9.36. The first-order chi connectivity index (χ1) is 9.87. The van der Waals surface area contributed by atoms with Crippen LogP contribution in [-0.2, 0) is 0 Å². The fourth-order valence-corrected chi connectivity index (χ4v) is 28.2. The predicted molar refractivity (Wildman–Crippen MR) is 122 cm³/mol. The van der Waals surface area contributed by atoms with Crippen molar-refractivity contribution < 1.29 is 0 Å². The van der Waals surface area contributed by atoms with E-state index in [1.165, 1.54) is 0 Å². The monoisotopic (exact) mass is 390 g/mol. The third-order valence-electron chi connectivity index (χ3n) is 4.54. The van der Waals surface area contributed by atoms with Gasteiger partial charge in [0.05, 0.1) is 32.3 Å². The zero-order valence-corrected chi connectivity index (χ0v) is 22.4. The van der Waals surface area contributed by atoms with Crippen LogP contribution in [0.4, 0.5) is 0 Å². The van der Waals surface area contributed by atoms with Gasteiger partial charge in [-0.1, -0.05) is 78.6 Å². The molecule has 0 rings (SSSR count). The zero-order valence-electron chi connectivity index (χ0n) is 18.4. The van der Waals surface area contributed by atoms with Gasteiger partial charge in [-0.3, -0.25) is 0 Å². The summed E-state index contributed by atoms with van der Waals surface area (Å²) in [5, 5.41) is 9.62. The van der Waals surface area contributed by atoms with E-state index in [0.717, 1.165) is 17.1 Å². The van der Waals surface area contributed by atoms with Gasteiger partial charge in [-0.2, -0.15) is 0 Å². The molecule has 0 fully saturated rings. The lowest BCUT2D eigenvalue weighted by Crippen LogP contribution is -2.67. The Labute approximate surface area is 151 Å². The fraction of sp³-hybridized carbons (Fsp3) is 1.00. The van der Waals surface area contributed by atoms with E-state index in [1.807, 2.05) is 0 Å². The normalized spacial score (nSPS) is 16.3. The van der Waals surface area contributed by atoms with Crippen molar-refractivity contribution in [1.82, 2.24) is 10.6 Å². The van der Waals surface area contributed by atoms with Gasteiger partial charge in [0, 0.05) is 12.6 Å². The average molecular weight is 391 g/mol. The molecule has 0 aliphatic rings. The van der Waals surface area contributed by atoms with E-state index in [-0.39, 0.29) is 0 Å². The second-order valence-corrected chi connectivity index (χ2v) is 34.2. The van der Waals surface area contributed by atoms with E-state index >= 15 is 0 Å². The van der Waals surface area contributed by atoms with Crippen molar-refractivity contribution in [2.45, 2.75) is 102 Å². The molecule has 0 aliphatic heterocycles. The van der Waals surface area contributed by atoms with Crippen molar-refractivity contribution in [1.29, 1.82) is 0 Å². The molecule has 0 radical (unpaired) electrons. The molecule has 1 atom stereocenters. The third kappa shape index (κ3) is 8.63. The molecular weight excluding hydrogens is 345 g/mol. The maximum atomic E-state index is 4.05. The molecule has 6 heteroatoms. The smallest absolute Gasteiger partial charge is 0.0599 e. The molecule has 0 aromatic carbocycles. The van der Waals surface area contributed by atoms with Crippen LogP contribution in [0.3, 0.4) is 0 Å². The Morgan fingerprint density at radius 1 is 0.565 bits per heavy atom. The van der Waals surface area contributed by atoms with Crippen molar-refractivity contribution in [2.24, 2.45) is 0 Å². The van der Waals surface area contributed by atoms with Gasteiger partial charge in [0.15, 0.2) is 0 Å². The highest BCUT2D eigenvalue weighted by molar-refractivity contribution is 6.97. The lowest BCUT2D eigenvalue weighted by atomic mass is 10.3. The average Bonchev–Trinajstić information content (AvgIpc) is 2.18. The van der Waals surface area contributed by atoms with Gasteiger partial charge < -0.3 is 10.6 Å². The van der Waals surface area contributed by atoms with Crippen LogP contribution in [0.15, 0.2) is 0 Å². The van der Waals surface area contributed by atoms with Gasteiger partial charge >= 0.3 is 0 Å². The molecule has 23 heavy (non-hydrogen) atoms. The summed E-state index contributed by atoms with van der Waals surface area (Å²) in [5.74, 6) is 0. The van der Waals surface area contributed by atoms with Gasteiger partial charge in [-0.25, -0.2) is 0 Å². The number of hydrogen-bond donors (Lipinski definition) is 2. The lowest BCUT2D eigenvalue weighted by molar-refractivity contribution is 0.519. The molecule has 0 aromatic rings. The minimum Gasteiger partial charge on any atom is -0.318 e. The molecule has 0 saturated carbocycles. The third-order valence-corrected chi connectivity index (χ3v) is 22.6. The van der Waals surface area contributed by atoms with Crippen LogP contribution in [0.5, 0.6) is 0 Å². The van der Waals surface area contributed by atoms with Crippen LogP contribution < -0.4 is 10.6 Å². The zero-order chi connectivity index (χ0) is 18.9. The van der Waals surface area contributed by atoms with E-state index in [9.17, 15) is 0 Å². The Balaban J connectivity index is 4.91. The summed E-state index contributed by atoms with van der Waals surface area (Å²) in [6.07, 6.45) is 0. The van der Waals surface area contributed by atoms with Crippen LogP contribution in [0.1, 0.15) is 6.92 Å². The topological polar surface area (TPSA) is 24.1 Å². The van der Waals surface area contributed by atoms with Gasteiger partial charge in [-0.15, -0.1) is 0 Å². The van der Waals surface area contributed by atoms with Crippen LogP contribution in [0.2, 0.25) is 78.6 Å². The van der Waals surface area contributed by atoms with Crippen molar-refractivity contribution in [3.05, 3.63) is 0 Å². The number of nitrogens with one attached hydrogen (secondary N) is 2. The number of rotatable bonds is 9. The molecule has 0 aliphatic carbocycles. The maximum absolute atomic E-state index is 4.05. The molecule has 2 N–H and O–H groups in total. The number of hydrogen-bond acceptors (Lipinski definition) is 2. The first-order valence-corrected chi connectivity index (χ1v) is 23.7. The predicted octanol–water partition coefficient (Wildman–Crippen LogP) is 4.80. The van der Waals surface area contributed by atoms with Gasteiger partial charge in [0.1, 0.15) is 0 Å². The van der Waals surface area contributed by atoms with Crippen LogP contribution in [0.25, 0.3) is 0 Å². The quantitative estimate of drug-likeness (QED) is 0.552. The summed E-state index contributed by atoms with van der Waals surface area (Å²) >= 11 is 0. The Morgan fingerprint density at radius 2 is 0.870 bits per heavy atom.